The molecule has 0 radical (unpaired) electrons. The molecule has 2 aliphatic rings. The number of rotatable bonds is 3. The third-order valence-electron chi connectivity index (χ3n) is 3.60. The fourth-order valence-electron chi connectivity index (χ4n) is 2.91. The maximum atomic E-state index is 5.40. The molecule has 0 spiro atoms. The third-order valence-corrected chi connectivity index (χ3v) is 3.60. The van der Waals surface area contributed by atoms with Crippen LogP contribution in [0.15, 0.2) is 0 Å². The Kier molecular flexibility index (Phi) is 3.79. The first kappa shape index (κ1) is 10.4. The van der Waals surface area contributed by atoms with Crippen LogP contribution in [0, 0.1) is 5.92 Å². The van der Waals surface area contributed by atoms with Crippen LogP contribution in [-0.4, -0.2) is 50.8 Å². The van der Waals surface area contributed by atoms with Gasteiger partial charge in [-0.3, -0.25) is 4.90 Å². The highest BCUT2D eigenvalue weighted by Gasteiger charge is 2.31. The molecule has 3 nitrogen and oxygen atoms in total. The van der Waals surface area contributed by atoms with Crippen LogP contribution in [-0.2, 0) is 4.74 Å². The van der Waals surface area contributed by atoms with Crippen LogP contribution < -0.4 is 5.32 Å². The fraction of sp³-hybridized carbons (Fsp3) is 1.00. The normalized spacial score (nSPS) is 34.9. The molecule has 1 aliphatic carbocycles. The van der Waals surface area contributed by atoms with Crippen molar-refractivity contribution in [3.05, 3.63) is 0 Å². The monoisotopic (exact) mass is 198 g/mol. The summed E-state index contributed by atoms with van der Waals surface area (Å²) in [5, 5.41) is 3.32. The van der Waals surface area contributed by atoms with Gasteiger partial charge in [0.1, 0.15) is 0 Å². The number of morpholine rings is 1. The zero-order valence-corrected chi connectivity index (χ0v) is 9.17. The van der Waals surface area contributed by atoms with E-state index < -0.39 is 0 Å². The number of nitrogens with one attached hydrogen (secondary N) is 1. The first-order chi connectivity index (χ1) is 6.92. The van der Waals surface area contributed by atoms with Gasteiger partial charge in [-0.05, 0) is 32.4 Å². The molecule has 2 fully saturated rings. The summed E-state index contributed by atoms with van der Waals surface area (Å²) in [6, 6.07) is 0.825. The lowest BCUT2D eigenvalue weighted by atomic mass is 10.0. The van der Waals surface area contributed by atoms with Crippen molar-refractivity contribution in [2.45, 2.75) is 25.3 Å². The van der Waals surface area contributed by atoms with E-state index in [1.165, 1.54) is 25.8 Å². The lowest BCUT2D eigenvalue weighted by Crippen LogP contribution is -2.46. The van der Waals surface area contributed by atoms with Gasteiger partial charge in [-0.25, -0.2) is 0 Å². The number of nitrogens with zero attached hydrogens (tertiary/aromatic N) is 1. The highest BCUT2D eigenvalue weighted by atomic mass is 16.5. The molecule has 0 aromatic carbocycles. The Morgan fingerprint density at radius 2 is 2.07 bits per heavy atom. The molecule has 0 bridgehead atoms. The quantitative estimate of drug-likeness (QED) is 0.723. The van der Waals surface area contributed by atoms with E-state index in [-0.39, 0.29) is 0 Å². The summed E-state index contributed by atoms with van der Waals surface area (Å²) in [6.45, 7) is 5.34. The molecule has 0 amide bonds. The van der Waals surface area contributed by atoms with Gasteiger partial charge in [0.25, 0.3) is 0 Å². The first-order valence-electron chi connectivity index (χ1n) is 5.88. The van der Waals surface area contributed by atoms with E-state index in [2.05, 4.69) is 17.3 Å². The lowest BCUT2D eigenvalue weighted by Gasteiger charge is -2.35. The molecule has 14 heavy (non-hydrogen) atoms. The minimum absolute atomic E-state index is 0.825. The van der Waals surface area contributed by atoms with Gasteiger partial charge in [0.2, 0.25) is 0 Å². The van der Waals surface area contributed by atoms with Crippen molar-refractivity contribution in [1.29, 1.82) is 0 Å². The van der Waals surface area contributed by atoms with Crippen molar-refractivity contribution >= 4 is 0 Å². The number of hydrogen-bond donors (Lipinski definition) is 1. The average molecular weight is 198 g/mol. The Morgan fingerprint density at radius 1 is 1.29 bits per heavy atom. The Balaban J connectivity index is 1.87. The van der Waals surface area contributed by atoms with Gasteiger partial charge >= 0.3 is 0 Å². The van der Waals surface area contributed by atoms with Gasteiger partial charge in [0, 0.05) is 19.1 Å². The minimum Gasteiger partial charge on any atom is -0.379 e. The largest absolute Gasteiger partial charge is 0.379 e. The van der Waals surface area contributed by atoms with Crippen LogP contribution in [0.3, 0.4) is 0 Å². The SMILES string of the molecule is CNCC1CCCC1N1CCOCC1. The van der Waals surface area contributed by atoms with Crippen LogP contribution in [0.2, 0.25) is 0 Å². The molecular weight excluding hydrogens is 176 g/mol. The van der Waals surface area contributed by atoms with Crippen molar-refractivity contribution in [3.8, 4) is 0 Å². The van der Waals surface area contributed by atoms with Gasteiger partial charge in [-0.15, -0.1) is 0 Å². The highest BCUT2D eigenvalue weighted by Crippen LogP contribution is 2.29. The first-order valence-corrected chi connectivity index (χ1v) is 5.88. The Labute approximate surface area is 86.8 Å². The van der Waals surface area contributed by atoms with Crippen molar-refractivity contribution in [3.63, 3.8) is 0 Å². The Morgan fingerprint density at radius 3 is 2.79 bits per heavy atom. The van der Waals surface area contributed by atoms with E-state index in [0.29, 0.717) is 0 Å². The Bertz CT molecular complexity index is 169. The summed E-state index contributed by atoms with van der Waals surface area (Å²) in [7, 11) is 2.06. The van der Waals surface area contributed by atoms with Gasteiger partial charge in [0.15, 0.2) is 0 Å². The topological polar surface area (TPSA) is 24.5 Å². The van der Waals surface area contributed by atoms with E-state index >= 15 is 0 Å². The molecule has 1 saturated carbocycles. The van der Waals surface area contributed by atoms with E-state index in [1.807, 2.05) is 0 Å². The van der Waals surface area contributed by atoms with Crippen molar-refractivity contribution < 1.29 is 4.74 Å². The maximum absolute atomic E-state index is 5.40. The van der Waals surface area contributed by atoms with Crippen LogP contribution in [0.5, 0.6) is 0 Å². The van der Waals surface area contributed by atoms with E-state index in [1.54, 1.807) is 0 Å². The molecule has 2 atom stereocenters. The molecule has 0 aromatic rings. The summed E-state index contributed by atoms with van der Waals surface area (Å²) in [5.74, 6) is 0.873. The molecule has 1 heterocycles. The van der Waals surface area contributed by atoms with Crippen molar-refractivity contribution in [2.24, 2.45) is 5.92 Å². The van der Waals surface area contributed by atoms with Crippen molar-refractivity contribution in [2.75, 3.05) is 39.9 Å². The molecule has 1 saturated heterocycles. The summed E-state index contributed by atoms with van der Waals surface area (Å²) < 4.78 is 5.40. The summed E-state index contributed by atoms with van der Waals surface area (Å²) in [4.78, 5) is 2.64. The zero-order chi connectivity index (χ0) is 9.80. The predicted octanol–water partition coefficient (Wildman–Crippen LogP) is 0.707. The minimum atomic E-state index is 0.825. The summed E-state index contributed by atoms with van der Waals surface area (Å²) in [5.41, 5.74) is 0. The molecule has 2 unspecified atom stereocenters. The molecule has 1 aliphatic heterocycles. The molecule has 3 heteroatoms. The van der Waals surface area contributed by atoms with Crippen LogP contribution in [0.25, 0.3) is 0 Å². The second-order valence-electron chi connectivity index (χ2n) is 4.46. The van der Waals surface area contributed by atoms with Gasteiger partial charge in [-0.2, -0.15) is 0 Å². The molecule has 1 N–H and O–H groups in total. The van der Waals surface area contributed by atoms with E-state index in [4.69, 9.17) is 4.74 Å². The number of hydrogen-bond acceptors (Lipinski definition) is 3. The van der Waals surface area contributed by atoms with Gasteiger partial charge in [0.05, 0.1) is 13.2 Å². The molecule has 0 aromatic heterocycles. The van der Waals surface area contributed by atoms with Gasteiger partial charge in [-0.1, -0.05) is 6.42 Å². The van der Waals surface area contributed by atoms with Gasteiger partial charge < -0.3 is 10.1 Å². The zero-order valence-electron chi connectivity index (χ0n) is 9.17. The summed E-state index contributed by atoms with van der Waals surface area (Å²) in [6.07, 6.45) is 4.21. The van der Waals surface area contributed by atoms with Crippen LogP contribution >= 0.6 is 0 Å². The van der Waals surface area contributed by atoms with Crippen LogP contribution in [0.4, 0.5) is 0 Å². The second kappa shape index (κ2) is 5.10. The molecule has 82 valence electrons. The predicted molar refractivity (Wildman–Crippen MR) is 57.4 cm³/mol. The average Bonchev–Trinajstić information content (AvgIpc) is 2.68. The third kappa shape index (κ3) is 2.27. The van der Waals surface area contributed by atoms with Crippen LogP contribution in [0.1, 0.15) is 19.3 Å². The fourth-order valence-corrected chi connectivity index (χ4v) is 2.91. The second-order valence-corrected chi connectivity index (χ2v) is 4.46. The molecule has 2 rings (SSSR count). The highest BCUT2D eigenvalue weighted by molar-refractivity contribution is 4.87. The summed E-state index contributed by atoms with van der Waals surface area (Å²) >= 11 is 0. The van der Waals surface area contributed by atoms with E-state index in [9.17, 15) is 0 Å². The lowest BCUT2D eigenvalue weighted by molar-refractivity contribution is 0.00845. The number of ether oxygens (including phenoxy) is 1. The maximum Gasteiger partial charge on any atom is 0.0594 e. The Hall–Kier alpha value is -0.120. The standard InChI is InChI=1S/C11H22N2O/c1-12-9-10-3-2-4-11(10)13-5-7-14-8-6-13/h10-12H,2-9H2,1H3. The molecular formula is C11H22N2O. The van der Waals surface area contributed by atoms with E-state index in [0.717, 1.165) is 38.3 Å². The van der Waals surface area contributed by atoms with Crippen molar-refractivity contribution in [1.82, 2.24) is 10.2 Å². The smallest absolute Gasteiger partial charge is 0.0594 e.